The molecule has 0 fully saturated rings. The van der Waals surface area contributed by atoms with E-state index in [1.807, 2.05) is 39.0 Å². The van der Waals surface area contributed by atoms with Crippen LogP contribution in [0.4, 0.5) is 17.1 Å². The van der Waals surface area contributed by atoms with Crippen molar-refractivity contribution in [2.45, 2.75) is 27.2 Å². The van der Waals surface area contributed by atoms with Gasteiger partial charge in [0.1, 0.15) is 10.7 Å². The highest BCUT2D eigenvalue weighted by atomic mass is 35.5. The van der Waals surface area contributed by atoms with E-state index in [1.54, 1.807) is 30.3 Å². The van der Waals surface area contributed by atoms with Crippen molar-refractivity contribution < 1.29 is 23.9 Å². The Bertz CT molecular complexity index is 1460. The first-order valence-electron chi connectivity index (χ1n) is 12.0. The number of anilines is 3. The predicted octanol–water partition coefficient (Wildman–Crippen LogP) is 5.56. The van der Waals surface area contributed by atoms with E-state index in [2.05, 4.69) is 10.6 Å². The van der Waals surface area contributed by atoms with Gasteiger partial charge in [0.05, 0.1) is 17.9 Å². The smallest absolute Gasteiger partial charge is 0.338 e. The molecule has 4 rings (SSSR count). The van der Waals surface area contributed by atoms with Gasteiger partial charge in [-0.1, -0.05) is 36.7 Å². The number of ether oxygens (including phenoxy) is 1. The Morgan fingerprint density at radius 3 is 2.26 bits per heavy atom. The second kappa shape index (κ2) is 11.3. The summed E-state index contributed by atoms with van der Waals surface area (Å²) in [7, 11) is 0. The Labute approximate surface area is 225 Å². The van der Waals surface area contributed by atoms with Crippen LogP contribution in [0.5, 0.6) is 0 Å². The highest BCUT2D eigenvalue weighted by Crippen LogP contribution is 2.31. The monoisotopic (exact) mass is 531 g/mol. The number of carbonyl (C=O) groups excluding carboxylic acids is 4. The molecule has 0 saturated carbocycles. The molecule has 3 amide bonds. The van der Waals surface area contributed by atoms with E-state index < -0.39 is 17.8 Å². The molecular weight excluding hydrogens is 506 g/mol. The molecule has 0 saturated heterocycles. The lowest BCUT2D eigenvalue weighted by molar-refractivity contribution is -0.120. The van der Waals surface area contributed by atoms with Gasteiger partial charge in [-0.2, -0.15) is 0 Å². The summed E-state index contributed by atoms with van der Waals surface area (Å²) in [6, 6.07) is 18.3. The van der Waals surface area contributed by atoms with E-state index in [4.69, 9.17) is 16.3 Å². The molecule has 0 aliphatic carbocycles. The fourth-order valence-corrected chi connectivity index (χ4v) is 4.24. The number of aryl methyl sites for hydroxylation is 2. The van der Waals surface area contributed by atoms with Crippen molar-refractivity contribution in [3.05, 3.63) is 99.7 Å². The van der Waals surface area contributed by atoms with Gasteiger partial charge >= 0.3 is 5.97 Å². The van der Waals surface area contributed by atoms with Crippen LogP contribution in [0, 0.1) is 13.8 Å². The van der Waals surface area contributed by atoms with Gasteiger partial charge in [0, 0.05) is 16.9 Å². The van der Waals surface area contributed by atoms with Crippen molar-refractivity contribution in [3.63, 3.8) is 0 Å². The molecule has 0 bridgehead atoms. The molecule has 9 heteroatoms. The van der Waals surface area contributed by atoms with Gasteiger partial charge in [-0.25, -0.2) is 9.69 Å². The van der Waals surface area contributed by atoms with Crippen LogP contribution in [-0.4, -0.2) is 30.3 Å². The highest BCUT2D eigenvalue weighted by molar-refractivity contribution is 6.53. The zero-order valence-electron chi connectivity index (χ0n) is 21.1. The topological polar surface area (TPSA) is 105 Å². The number of hydrogen-bond donors (Lipinski definition) is 2. The molecule has 3 aromatic carbocycles. The molecule has 3 aromatic rings. The largest absolute Gasteiger partial charge is 0.462 e. The van der Waals surface area contributed by atoms with Crippen LogP contribution in [0.3, 0.4) is 0 Å². The summed E-state index contributed by atoms with van der Waals surface area (Å²) in [5.74, 6) is -2.31. The first kappa shape index (κ1) is 26.6. The summed E-state index contributed by atoms with van der Waals surface area (Å²) >= 11 is 6.26. The summed E-state index contributed by atoms with van der Waals surface area (Å²) in [5, 5.41) is 5.44. The van der Waals surface area contributed by atoms with Crippen LogP contribution in [0.1, 0.15) is 45.2 Å². The summed E-state index contributed by atoms with van der Waals surface area (Å²) in [4.78, 5) is 52.1. The second-order valence-electron chi connectivity index (χ2n) is 8.86. The van der Waals surface area contributed by atoms with Gasteiger partial charge in [0.2, 0.25) is 0 Å². The first-order valence-corrected chi connectivity index (χ1v) is 12.4. The Balaban J connectivity index is 1.52. The Morgan fingerprint density at radius 1 is 0.868 bits per heavy atom. The molecule has 1 aliphatic heterocycles. The zero-order valence-corrected chi connectivity index (χ0v) is 21.9. The number of nitrogens with zero attached hydrogens (tertiary/aromatic N) is 1. The Hall–Kier alpha value is -4.43. The second-order valence-corrected chi connectivity index (χ2v) is 9.24. The molecule has 194 valence electrons. The van der Waals surface area contributed by atoms with Crippen LogP contribution < -0.4 is 15.5 Å². The molecule has 0 aromatic heterocycles. The van der Waals surface area contributed by atoms with Crippen molar-refractivity contribution in [2.75, 3.05) is 22.1 Å². The summed E-state index contributed by atoms with van der Waals surface area (Å²) in [6.07, 6.45) is 0.664. The number of rotatable bonds is 8. The van der Waals surface area contributed by atoms with E-state index >= 15 is 0 Å². The van der Waals surface area contributed by atoms with Crippen molar-refractivity contribution in [1.29, 1.82) is 0 Å². The maximum atomic E-state index is 13.2. The lowest BCUT2D eigenvalue weighted by atomic mass is 10.1. The average Bonchev–Trinajstić information content (AvgIpc) is 3.09. The number of hydrogen-bond acceptors (Lipinski definition) is 6. The Kier molecular flexibility index (Phi) is 7.93. The Morgan fingerprint density at radius 2 is 1.55 bits per heavy atom. The molecule has 1 heterocycles. The van der Waals surface area contributed by atoms with Gasteiger partial charge in [0.15, 0.2) is 0 Å². The number of imide groups is 1. The van der Waals surface area contributed by atoms with E-state index in [0.29, 0.717) is 23.4 Å². The number of esters is 1. The van der Waals surface area contributed by atoms with Gasteiger partial charge in [-0.15, -0.1) is 0 Å². The average molecular weight is 532 g/mol. The summed E-state index contributed by atoms with van der Waals surface area (Å²) < 4.78 is 5.14. The first-order chi connectivity index (χ1) is 18.2. The van der Waals surface area contributed by atoms with E-state index in [9.17, 15) is 19.2 Å². The SMILES string of the molecule is CCCOC(=O)c1cccc(N2C(=O)C(Cl)=C(Nc3cccc(C(=O)Nc4cc(C)cc(C)c4)c3)C2=O)c1. The van der Waals surface area contributed by atoms with Gasteiger partial charge in [0.25, 0.3) is 17.7 Å². The zero-order chi connectivity index (χ0) is 27.4. The summed E-state index contributed by atoms with van der Waals surface area (Å²) in [6.45, 7) is 6.03. The minimum absolute atomic E-state index is 0.137. The third-order valence-electron chi connectivity index (χ3n) is 5.68. The maximum absolute atomic E-state index is 13.2. The standard InChI is InChI=1S/C29H26ClN3O5/c1-4-11-38-29(37)20-8-6-10-23(16-20)33-27(35)24(30)25(28(33)36)31-21-9-5-7-19(15-21)26(34)32-22-13-17(2)12-18(3)14-22/h5-10,12-16,31H,4,11H2,1-3H3,(H,32,34). The molecule has 0 radical (unpaired) electrons. The summed E-state index contributed by atoms with van der Waals surface area (Å²) in [5.41, 5.74) is 3.71. The van der Waals surface area contributed by atoms with Crippen LogP contribution in [0.25, 0.3) is 0 Å². The quantitative estimate of drug-likeness (QED) is 0.291. The van der Waals surface area contributed by atoms with Gasteiger partial charge < -0.3 is 15.4 Å². The third kappa shape index (κ3) is 5.76. The molecule has 1 aliphatic rings. The number of nitrogens with one attached hydrogen (secondary N) is 2. The number of halogens is 1. The number of benzene rings is 3. The molecular formula is C29H26ClN3O5. The van der Waals surface area contributed by atoms with E-state index in [-0.39, 0.29) is 34.5 Å². The predicted molar refractivity (Wildman–Crippen MR) is 146 cm³/mol. The third-order valence-corrected chi connectivity index (χ3v) is 6.03. The van der Waals surface area contributed by atoms with Crippen molar-refractivity contribution in [3.8, 4) is 0 Å². The lowest BCUT2D eigenvalue weighted by Crippen LogP contribution is -2.32. The van der Waals surface area contributed by atoms with Crippen LogP contribution >= 0.6 is 11.6 Å². The number of amides is 3. The van der Waals surface area contributed by atoms with E-state index in [0.717, 1.165) is 16.0 Å². The van der Waals surface area contributed by atoms with E-state index in [1.165, 1.54) is 18.2 Å². The van der Waals surface area contributed by atoms with Crippen molar-refractivity contribution in [1.82, 2.24) is 0 Å². The number of carbonyl (C=O) groups is 4. The normalized spacial score (nSPS) is 13.1. The molecule has 8 nitrogen and oxygen atoms in total. The minimum atomic E-state index is -0.734. The van der Waals surface area contributed by atoms with Crippen molar-refractivity contribution in [2.24, 2.45) is 0 Å². The highest BCUT2D eigenvalue weighted by Gasteiger charge is 2.39. The molecule has 2 N–H and O–H groups in total. The minimum Gasteiger partial charge on any atom is -0.462 e. The van der Waals surface area contributed by atoms with Crippen molar-refractivity contribution >= 4 is 52.4 Å². The van der Waals surface area contributed by atoms with Crippen LogP contribution in [-0.2, 0) is 14.3 Å². The van der Waals surface area contributed by atoms with Gasteiger partial charge in [-0.05, 0) is 79.9 Å². The van der Waals surface area contributed by atoms with Gasteiger partial charge in [-0.3, -0.25) is 14.4 Å². The molecule has 38 heavy (non-hydrogen) atoms. The molecule has 0 unspecified atom stereocenters. The van der Waals surface area contributed by atoms with Crippen LogP contribution in [0.15, 0.2) is 77.5 Å². The lowest BCUT2D eigenvalue weighted by Gasteiger charge is -2.16. The van der Waals surface area contributed by atoms with Crippen LogP contribution in [0.2, 0.25) is 0 Å². The molecule has 0 spiro atoms. The fraction of sp³-hybridized carbons (Fsp3) is 0.172. The fourth-order valence-electron chi connectivity index (χ4n) is 4.03. The maximum Gasteiger partial charge on any atom is 0.338 e. The molecule has 0 atom stereocenters.